The molecule has 5 aromatic rings. The molecule has 1 aliphatic rings. The summed E-state index contributed by atoms with van der Waals surface area (Å²) in [5.74, 6) is -0.0625. The third kappa shape index (κ3) is 4.70. The van der Waals surface area contributed by atoms with E-state index in [1.165, 1.54) is 5.56 Å². The number of nitrogens with one attached hydrogen (secondary N) is 1. The summed E-state index contributed by atoms with van der Waals surface area (Å²) in [6, 6.07) is 29.2. The van der Waals surface area contributed by atoms with Crippen molar-refractivity contribution in [2.75, 3.05) is 4.90 Å². The number of ether oxygens (including phenoxy) is 1. The number of carbonyl (C=O) groups excluding carboxylic acids is 2. The van der Waals surface area contributed by atoms with E-state index in [1.807, 2.05) is 74.5 Å². The number of hydrogen-bond acceptors (Lipinski definition) is 4. The van der Waals surface area contributed by atoms with Gasteiger partial charge in [-0.15, -0.1) is 0 Å². The number of carbonyl (C=O) groups is 2. The number of nitrogens with zero attached hydrogens (tertiary/aromatic N) is 2. The van der Waals surface area contributed by atoms with Crippen molar-refractivity contribution < 1.29 is 14.3 Å². The molecule has 6 nitrogen and oxygen atoms in total. The molecule has 1 atom stereocenters. The van der Waals surface area contributed by atoms with Gasteiger partial charge < -0.3 is 9.72 Å². The summed E-state index contributed by atoms with van der Waals surface area (Å²) in [6.07, 6.45) is 1.09. The van der Waals surface area contributed by atoms with Crippen molar-refractivity contribution in [1.29, 1.82) is 0 Å². The Labute approximate surface area is 227 Å². The minimum Gasteiger partial charge on any atom is -0.449 e. The predicted molar refractivity (Wildman–Crippen MR) is 153 cm³/mol. The molecule has 0 aliphatic carbocycles. The number of esters is 1. The molecule has 0 radical (unpaired) electrons. The van der Waals surface area contributed by atoms with Crippen molar-refractivity contribution >= 4 is 34.3 Å². The second-order valence-electron chi connectivity index (χ2n) is 9.92. The molecule has 194 valence electrons. The molecular formula is C33H29N3O3. The molecule has 1 N–H and O–H groups in total. The first-order chi connectivity index (χ1) is 19.0. The van der Waals surface area contributed by atoms with Crippen molar-refractivity contribution in [3.8, 4) is 11.4 Å². The SMILES string of the molecule is CCC(OC(=O)c1ccc2nc(-c3ccc(C)cc3)[nH]c2c1)C(=O)N1c2ccccc2CCc2ccccc21. The highest BCUT2D eigenvalue weighted by Gasteiger charge is 2.32. The molecule has 0 saturated heterocycles. The Kier molecular flexibility index (Phi) is 6.45. The van der Waals surface area contributed by atoms with Crippen LogP contribution in [0.4, 0.5) is 11.4 Å². The van der Waals surface area contributed by atoms with Gasteiger partial charge in [0, 0.05) is 5.56 Å². The van der Waals surface area contributed by atoms with Crippen LogP contribution in [0.25, 0.3) is 22.4 Å². The number of aromatic amines is 1. The molecule has 6 heteroatoms. The van der Waals surface area contributed by atoms with Crippen LogP contribution in [0, 0.1) is 6.92 Å². The maximum absolute atomic E-state index is 14.0. The zero-order valence-electron chi connectivity index (χ0n) is 22.0. The normalized spacial score (nSPS) is 13.3. The highest BCUT2D eigenvalue weighted by atomic mass is 16.5. The Morgan fingerprint density at radius 2 is 1.54 bits per heavy atom. The predicted octanol–water partition coefficient (Wildman–Crippen LogP) is 6.94. The molecule has 1 unspecified atom stereocenters. The summed E-state index contributed by atoms with van der Waals surface area (Å²) in [7, 11) is 0. The average molecular weight is 516 g/mol. The summed E-state index contributed by atoms with van der Waals surface area (Å²) >= 11 is 0. The Morgan fingerprint density at radius 1 is 0.897 bits per heavy atom. The Morgan fingerprint density at radius 3 is 2.18 bits per heavy atom. The lowest BCUT2D eigenvalue weighted by molar-refractivity contribution is -0.126. The zero-order chi connectivity index (χ0) is 26.9. The molecule has 1 amide bonds. The maximum Gasteiger partial charge on any atom is 0.338 e. The topological polar surface area (TPSA) is 75.3 Å². The van der Waals surface area contributed by atoms with Crippen LogP contribution in [0.1, 0.15) is 40.4 Å². The van der Waals surface area contributed by atoms with Crippen LogP contribution in [0.5, 0.6) is 0 Å². The van der Waals surface area contributed by atoms with Gasteiger partial charge in [0.1, 0.15) is 5.82 Å². The van der Waals surface area contributed by atoms with Crippen LogP contribution in [-0.4, -0.2) is 27.9 Å². The monoisotopic (exact) mass is 515 g/mol. The Bertz CT molecular complexity index is 1640. The van der Waals surface area contributed by atoms with Crippen LogP contribution in [0.2, 0.25) is 0 Å². The number of fused-ring (bicyclic) bond motifs is 3. The van der Waals surface area contributed by atoms with Gasteiger partial charge >= 0.3 is 5.97 Å². The standard InChI is InChI=1S/C33H29N3O3/c1-3-30(32(37)36-28-10-6-4-8-22(28)16-17-23-9-5-7-11-29(23)36)39-33(38)25-18-19-26-27(20-25)35-31(34-26)24-14-12-21(2)13-15-24/h4-15,18-20,30H,3,16-17H2,1-2H3,(H,34,35). The van der Waals surface area contributed by atoms with Gasteiger partial charge in [-0.05, 0) is 67.6 Å². The molecule has 0 saturated carbocycles. The highest BCUT2D eigenvalue weighted by molar-refractivity contribution is 6.06. The fourth-order valence-electron chi connectivity index (χ4n) is 5.15. The summed E-state index contributed by atoms with van der Waals surface area (Å²) < 4.78 is 5.86. The number of rotatable bonds is 5. The molecule has 0 fully saturated rings. The van der Waals surface area contributed by atoms with Crippen molar-refractivity contribution in [2.45, 2.75) is 39.2 Å². The largest absolute Gasteiger partial charge is 0.449 e. The van der Waals surface area contributed by atoms with Gasteiger partial charge in [0.05, 0.1) is 28.0 Å². The fourth-order valence-corrected chi connectivity index (χ4v) is 5.15. The molecule has 1 aromatic heterocycles. The number of aryl methyl sites for hydroxylation is 3. The van der Waals surface area contributed by atoms with E-state index >= 15 is 0 Å². The number of H-pyrrole nitrogens is 1. The van der Waals surface area contributed by atoms with E-state index in [9.17, 15) is 9.59 Å². The number of imidazole rings is 1. The third-order valence-corrected chi connectivity index (χ3v) is 7.29. The van der Waals surface area contributed by atoms with E-state index < -0.39 is 12.1 Å². The Hall–Kier alpha value is -4.71. The Balaban J connectivity index is 1.28. The number of benzene rings is 4. The molecule has 4 aromatic carbocycles. The molecular weight excluding hydrogens is 486 g/mol. The van der Waals surface area contributed by atoms with E-state index in [0.717, 1.165) is 57.8 Å². The maximum atomic E-state index is 14.0. The zero-order valence-corrected chi connectivity index (χ0v) is 22.0. The van der Waals surface area contributed by atoms with Gasteiger partial charge in [-0.3, -0.25) is 9.69 Å². The van der Waals surface area contributed by atoms with Crippen molar-refractivity contribution in [2.24, 2.45) is 0 Å². The lowest BCUT2D eigenvalue weighted by Gasteiger charge is -2.28. The average Bonchev–Trinajstić information content (AvgIpc) is 3.32. The molecule has 0 spiro atoms. The van der Waals surface area contributed by atoms with E-state index in [-0.39, 0.29) is 5.91 Å². The second kappa shape index (κ2) is 10.2. The van der Waals surface area contributed by atoms with Crippen molar-refractivity contribution in [3.63, 3.8) is 0 Å². The molecule has 6 rings (SSSR count). The molecule has 0 bridgehead atoms. The molecule has 39 heavy (non-hydrogen) atoms. The third-order valence-electron chi connectivity index (χ3n) is 7.29. The fraction of sp³-hybridized carbons (Fsp3) is 0.182. The number of anilines is 2. The number of hydrogen-bond donors (Lipinski definition) is 1. The summed E-state index contributed by atoms with van der Waals surface area (Å²) in [5.41, 5.74) is 7.86. The first-order valence-electron chi connectivity index (χ1n) is 13.3. The smallest absolute Gasteiger partial charge is 0.338 e. The summed E-state index contributed by atoms with van der Waals surface area (Å²) in [6.45, 7) is 3.90. The quantitative estimate of drug-likeness (QED) is 0.257. The van der Waals surface area contributed by atoms with Crippen LogP contribution in [0.3, 0.4) is 0 Å². The lowest BCUT2D eigenvalue weighted by Crippen LogP contribution is -2.39. The van der Waals surface area contributed by atoms with E-state index in [2.05, 4.69) is 22.1 Å². The van der Waals surface area contributed by atoms with Crippen LogP contribution < -0.4 is 4.90 Å². The van der Waals surface area contributed by atoms with Gasteiger partial charge in [-0.1, -0.05) is 73.2 Å². The van der Waals surface area contributed by atoms with Crippen molar-refractivity contribution in [3.05, 3.63) is 113 Å². The number of aromatic nitrogens is 2. The summed E-state index contributed by atoms with van der Waals surface area (Å²) in [5, 5.41) is 0. The number of para-hydroxylation sites is 2. The van der Waals surface area contributed by atoms with Gasteiger partial charge in [0.25, 0.3) is 5.91 Å². The van der Waals surface area contributed by atoms with E-state index in [1.54, 1.807) is 23.1 Å². The van der Waals surface area contributed by atoms with E-state index in [4.69, 9.17) is 4.74 Å². The minimum atomic E-state index is -0.933. The van der Waals surface area contributed by atoms with Crippen LogP contribution >= 0.6 is 0 Å². The number of amides is 1. The highest BCUT2D eigenvalue weighted by Crippen LogP contribution is 2.37. The van der Waals surface area contributed by atoms with E-state index in [0.29, 0.717) is 12.0 Å². The van der Waals surface area contributed by atoms with Crippen LogP contribution in [0.15, 0.2) is 91.0 Å². The van der Waals surface area contributed by atoms with Gasteiger partial charge in [-0.2, -0.15) is 0 Å². The lowest BCUT2D eigenvalue weighted by atomic mass is 10.0. The molecule has 2 heterocycles. The van der Waals surface area contributed by atoms with Crippen molar-refractivity contribution in [1.82, 2.24) is 9.97 Å². The summed E-state index contributed by atoms with van der Waals surface area (Å²) in [4.78, 5) is 37.0. The van der Waals surface area contributed by atoms with Gasteiger partial charge in [0.2, 0.25) is 0 Å². The first kappa shape index (κ1) is 24.6. The molecule has 1 aliphatic heterocycles. The second-order valence-corrected chi connectivity index (χ2v) is 9.92. The minimum absolute atomic E-state index is 0.253. The first-order valence-corrected chi connectivity index (χ1v) is 13.3. The van der Waals surface area contributed by atoms with Crippen LogP contribution in [-0.2, 0) is 22.4 Å². The van der Waals surface area contributed by atoms with Gasteiger partial charge in [-0.25, -0.2) is 9.78 Å². The van der Waals surface area contributed by atoms with Gasteiger partial charge in [0.15, 0.2) is 6.10 Å².